The molecule has 2 aliphatic rings. The monoisotopic (exact) mass is 507 g/mol. The summed E-state index contributed by atoms with van der Waals surface area (Å²) in [6, 6.07) is 17.7. The van der Waals surface area contributed by atoms with Crippen molar-refractivity contribution < 1.29 is 14.3 Å². The van der Waals surface area contributed by atoms with Gasteiger partial charge < -0.3 is 14.2 Å². The molecule has 8 heteroatoms. The zero-order valence-corrected chi connectivity index (χ0v) is 21.2. The zero-order valence-electron chi connectivity index (χ0n) is 19.7. The quantitative estimate of drug-likeness (QED) is 0.407. The highest BCUT2D eigenvalue weighted by Crippen LogP contribution is 2.35. The first-order valence-electron chi connectivity index (χ1n) is 11.5. The summed E-state index contributed by atoms with van der Waals surface area (Å²) in [4.78, 5) is 29.6. The summed E-state index contributed by atoms with van der Waals surface area (Å²) >= 11 is 6.93. The number of morpholine rings is 1. The minimum atomic E-state index is -0.269. The Bertz CT molecular complexity index is 1290. The highest BCUT2D eigenvalue weighted by atomic mass is 35.5. The number of nitrogens with zero attached hydrogens (tertiary/aromatic N) is 3. The molecule has 2 saturated heterocycles. The number of aromatic nitrogens is 1. The van der Waals surface area contributed by atoms with E-state index in [1.807, 2.05) is 32.1 Å². The fourth-order valence-electron chi connectivity index (χ4n) is 4.52. The third-order valence-corrected chi connectivity index (χ3v) is 7.53. The summed E-state index contributed by atoms with van der Waals surface area (Å²) in [5.74, 6) is -0.269. The van der Waals surface area contributed by atoms with Gasteiger partial charge in [-0.25, -0.2) is 0 Å². The standard InChI is InChI=1S/C27H26ClN3O3S/c1-18-15-21(16-25-26(32)30(27(33)35-25)17-20-3-5-22(28)6-4-20)19(2)31(18)24-9-7-23(8-10-24)29-11-13-34-14-12-29/h3-10,15-16H,11-14,17H2,1-2H3/b25-16-. The molecule has 0 N–H and O–H groups in total. The minimum absolute atomic E-state index is 0.230. The second-order valence-corrected chi connectivity index (χ2v) is 10.1. The van der Waals surface area contributed by atoms with Crippen LogP contribution in [0.5, 0.6) is 0 Å². The lowest BCUT2D eigenvalue weighted by atomic mass is 10.2. The highest BCUT2D eigenvalue weighted by Gasteiger charge is 2.35. The lowest BCUT2D eigenvalue weighted by Crippen LogP contribution is -2.36. The van der Waals surface area contributed by atoms with Crippen LogP contribution >= 0.6 is 23.4 Å². The maximum absolute atomic E-state index is 13.0. The van der Waals surface area contributed by atoms with Crippen molar-refractivity contribution in [3.8, 4) is 5.69 Å². The van der Waals surface area contributed by atoms with E-state index in [0.717, 1.165) is 66.3 Å². The average Bonchev–Trinajstić information content (AvgIpc) is 3.30. The van der Waals surface area contributed by atoms with Gasteiger partial charge in [0.2, 0.25) is 0 Å². The molecule has 35 heavy (non-hydrogen) atoms. The Labute approximate surface area is 214 Å². The number of carbonyl (C=O) groups is 2. The molecule has 0 unspecified atom stereocenters. The van der Waals surface area contributed by atoms with E-state index >= 15 is 0 Å². The lowest BCUT2D eigenvalue weighted by molar-refractivity contribution is -0.123. The van der Waals surface area contributed by atoms with E-state index in [9.17, 15) is 9.59 Å². The van der Waals surface area contributed by atoms with Crippen molar-refractivity contribution in [3.63, 3.8) is 0 Å². The number of thioether (sulfide) groups is 1. The van der Waals surface area contributed by atoms with E-state index in [-0.39, 0.29) is 17.7 Å². The number of amides is 2. The molecule has 0 spiro atoms. The summed E-state index contributed by atoms with van der Waals surface area (Å²) in [6.07, 6.45) is 1.83. The Morgan fingerprint density at radius 2 is 1.63 bits per heavy atom. The third-order valence-electron chi connectivity index (χ3n) is 6.37. The van der Waals surface area contributed by atoms with Crippen molar-refractivity contribution in [3.05, 3.63) is 87.0 Å². The molecular formula is C27H26ClN3O3S. The van der Waals surface area contributed by atoms with Gasteiger partial charge in [-0.05, 0) is 85.3 Å². The summed E-state index contributed by atoms with van der Waals surface area (Å²) in [6.45, 7) is 7.63. The number of hydrogen-bond donors (Lipinski definition) is 0. The summed E-state index contributed by atoms with van der Waals surface area (Å²) in [7, 11) is 0. The normalized spacial score (nSPS) is 17.6. The molecule has 0 aliphatic carbocycles. The first-order valence-corrected chi connectivity index (χ1v) is 12.7. The van der Waals surface area contributed by atoms with Crippen LogP contribution in [0.15, 0.2) is 59.5 Å². The molecule has 180 valence electrons. The van der Waals surface area contributed by atoms with Gasteiger partial charge in [0.25, 0.3) is 11.1 Å². The van der Waals surface area contributed by atoms with E-state index in [4.69, 9.17) is 16.3 Å². The maximum atomic E-state index is 13.0. The van der Waals surface area contributed by atoms with Crippen molar-refractivity contribution in [2.75, 3.05) is 31.2 Å². The molecule has 1 aromatic heterocycles. The molecule has 6 nitrogen and oxygen atoms in total. The summed E-state index contributed by atoms with van der Waals surface area (Å²) in [5.41, 5.74) is 6.12. The topological polar surface area (TPSA) is 54.8 Å². The van der Waals surface area contributed by atoms with Crippen molar-refractivity contribution >= 4 is 46.3 Å². The van der Waals surface area contributed by atoms with Crippen LogP contribution in [-0.2, 0) is 16.1 Å². The number of halogens is 1. The average molecular weight is 508 g/mol. The van der Waals surface area contributed by atoms with Gasteiger partial charge >= 0.3 is 0 Å². The van der Waals surface area contributed by atoms with Gasteiger partial charge in [-0.1, -0.05) is 23.7 Å². The molecular weight excluding hydrogens is 482 g/mol. The Morgan fingerprint density at radius 1 is 0.971 bits per heavy atom. The first-order chi connectivity index (χ1) is 16.9. The molecule has 3 heterocycles. The molecule has 0 saturated carbocycles. The molecule has 0 atom stereocenters. The first kappa shape index (κ1) is 23.7. The van der Waals surface area contributed by atoms with Gasteiger partial charge in [-0.15, -0.1) is 0 Å². The second-order valence-electron chi connectivity index (χ2n) is 8.67. The van der Waals surface area contributed by atoms with Gasteiger partial charge in [-0.3, -0.25) is 14.5 Å². The van der Waals surface area contributed by atoms with Gasteiger partial charge in [0.05, 0.1) is 24.7 Å². The minimum Gasteiger partial charge on any atom is -0.378 e. The van der Waals surface area contributed by atoms with Crippen molar-refractivity contribution in [1.82, 2.24) is 9.47 Å². The van der Waals surface area contributed by atoms with Gasteiger partial charge in [0, 0.05) is 40.9 Å². The van der Waals surface area contributed by atoms with E-state index in [1.165, 1.54) is 10.6 Å². The van der Waals surface area contributed by atoms with Crippen molar-refractivity contribution in [2.45, 2.75) is 20.4 Å². The number of rotatable bonds is 5. The predicted octanol–water partition coefficient (Wildman–Crippen LogP) is 5.82. The molecule has 2 aliphatic heterocycles. The number of aryl methyl sites for hydroxylation is 1. The third kappa shape index (κ3) is 4.89. The smallest absolute Gasteiger partial charge is 0.293 e. The fourth-order valence-corrected chi connectivity index (χ4v) is 5.47. The largest absolute Gasteiger partial charge is 0.378 e. The summed E-state index contributed by atoms with van der Waals surface area (Å²) < 4.78 is 7.63. The molecule has 2 aromatic carbocycles. The molecule has 0 radical (unpaired) electrons. The van der Waals surface area contributed by atoms with E-state index in [2.05, 4.69) is 39.8 Å². The summed E-state index contributed by atoms with van der Waals surface area (Å²) in [5, 5.41) is 0.359. The van der Waals surface area contributed by atoms with Gasteiger partial charge in [0.15, 0.2) is 0 Å². The van der Waals surface area contributed by atoms with Crippen molar-refractivity contribution in [1.29, 1.82) is 0 Å². The molecule has 2 fully saturated rings. The van der Waals surface area contributed by atoms with Crippen LogP contribution in [0.4, 0.5) is 10.5 Å². The van der Waals surface area contributed by atoms with Crippen molar-refractivity contribution in [2.24, 2.45) is 0 Å². The molecule has 3 aromatic rings. The SMILES string of the molecule is Cc1cc(/C=C2\SC(=O)N(Cc3ccc(Cl)cc3)C2=O)c(C)n1-c1ccc(N2CCOCC2)cc1. The van der Waals surface area contributed by atoms with Gasteiger partial charge in [-0.2, -0.15) is 0 Å². The van der Waals surface area contributed by atoms with Gasteiger partial charge in [0.1, 0.15) is 0 Å². The van der Waals surface area contributed by atoms with Crippen LogP contribution in [0.2, 0.25) is 5.02 Å². The van der Waals surface area contributed by atoms with E-state index in [1.54, 1.807) is 12.1 Å². The van der Waals surface area contributed by atoms with Crippen LogP contribution in [0.3, 0.4) is 0 Å². The Balaban J connectivity index is 1.36. The predicted molar refractivity (Wildman–Crippen MR) is 141 cm³/mol. The number of anilines is 1. The Hall–Kier alpha value is -3.00. The fraction of sp³-hybridized carbons (Fsp3) is 0.259. The van der Waals surface area contributed by atoms with Crippen LogP contribution < -0.4 is 4.90 Å². The Kier molecular flexibility index (Phi) is 6.73. The maximum Gasteiger partial charge on any atom is 0.293 e. The highest BCUT2D eigenvalue weighted by molar-refractivity contribution is 8.18. The number of hydrogen-bond acceptors (Lipinski definition) is 5. The van der Waals surface area contributed by atoms with E-state index in [0.29, 0.717) is 9.93 Å². The number of ether oxygens (including phenoxy) is 1. The lowest BCUT2D eigenvalue weighted by Gasteiger charge is -2.29. The van der Waals surface area contributed by atoms with E-state index < -0.39 is 0 Å². The van der Waals surface area contributed by atoms with Crippen LogP contribution in [-0.4, -0.2) is 46.9 Å². The van der Waals surface area contributed by atoms with Crippen LogP contribution in [0.1, 0.15) is 22.5 Å². The number of carbonyl (C=O) groups excluding carboxylic acids is 2. The molecule has 0 bridgehead atoms. The number of imide groups is 1. The number of benzene rings is 2. The van der Waals surface area contributed by atoms with Crippen LogP contribution in [0.25, 0.3) is 11.8 Å². The van der Waals surface area contributed by atoms with Crippen LogP contribution in [0, 0.1) is 13.8 Å². The molecule has 5 rings (SSSR count). The second kappa shape index (κ2) is 9.93. The zero-order chi connectivity index (χ0) is 24.5. The molecule has 2 amide bonds. The Morgan fingerprint density at radius 3 is 2.31 bits per heavy atom.